The van der Waals surface area contributed by atoms with Crippen molar-refractivity contribution in [1.29, 1.82) is 0 Å². The molecular weight excluding hydrogens is 588 g/mol. The molecule has 9 nitrogen and oxygen atoms in total. The molecule has 0 aromatic heterocycles. The number of aliphatic imine (C=N–C) groups is 1. The summed E-state index contributed by atoms with van der Waals surface area (Å²) in [7, 11) is 1.63. The van der Waals surface area contributed by atoms with Crippen molar-refractivity contribution in [3.63, 3.8) is 0 Å². The third-order valence-corrected chi connectivity index (χ3v) is 7.33. The number of carbonyl (C=O) groups is 3. The molecule has 200 valence electrons. The molecule has 0 saturated carbocycles. The molecule has 1 amide bonds. The van der Waals surface area contributed by atoms with Crippen molar-refractivity contribution in [2.75, 3.05) is 13.7 Å². The molecule has 1 saturated heterocycles. The summed E-state index contributed by atoms with van der Waals surface area (Å²) in [6.45, 7) is 2.46. The summed E-state index contributed by atoms with van der Waals surface area (Å²) < 4.78 is 12.4. The van der Waals surface area contributed by atoms with Gasteiger partial charge < -0.3 is 19.7 Å². The lowest BCUT2D eigenvalue weighted by Crippen LogP contribution is -2.23. The van der Waals surface area contributed by atoms with E-state index in [2.05, 4.69) is 20.9 Å². The van der Waals surface area contributed by atoms with Crippen LogP contribution in [0.4, 0.5) is 5.69 Å². The van der Waals surface area contributed by atoms with Crippen LogP contribution in [-0.4, -0.2) is 51.8 Å². The van der Waals surface area contributed by atoms with E-state index < -0.39 is 11.9 Å². The first-order valence-corrected chi connectivity index (χ1v) is 13.3. The first-order valence-electron chi connectivity index (χ1n) is 11.7. The zero-order valence-corrected chi connectivity index (χ0v) is 23.3. The number of halogens is 1. The Morgan fingerprint density at radius 2 is 1.56 bits per heavy atom. The fourth-order valence-electron chi connectivity index (χ4n) is 3.53. The molecule has 0 spiro atoms. The van der Waals surface area contributed by atoms with E-state index >= 15 is 0 Å². The molecule has 1 fully saturated rings. The fourth-order valence-corrected chi connectivity index (χ4v) is 4.94. The standard InChI is InChI=1S/C28H23BrN2O7S/c1-3-37-22-12-19(21(29)14-23(22)38-15-16-4-6-17(7-5-16)26(33)34)13-24-25(32)31(2)28(39-24)30-20-10-8-18(9-11-20)27(35)36/h4-14H,3,15H2,1-2H3,(H,33,34)(H,35,36). The van der Waals surface area contributed by atoms with Gasteiger partial charge in [0, 0.05) is 11.5 Å². The predicted octanol–water partition coefficient (Wildman–Crippen LogP) is 6.06. The summed E-state index contributed by atoms with van der Waals surface area (Å²) in [5.41, 5.74) is 2.38. The largest absolute Gasteiger partial charge is 0.490 e. The van der Waals surface area contributed by atoms with Crippen molar-refractivity contribution in [1.82, 2.24) is 4.90 Å². The number of amides is 1. The molecule has 0 atom stereocenters. The number of benzene rings is 3. The Morgan fingerprint density at radius 3 is 2.15 bits per heavy atom. The van der Waals surface area contributed by atoms with Crippen molar-refractivity contribution in [2.45, 2.75) is 13.5 Å². The van der Waals surface area contributed by atoms with Gasteiger partial charge in [-0.05, 0) is 84.4 Å². The molecule has 0 unspecified atom stereocenters. The van der Waals surface area contributed by atoms with Gasteiger partial charge in [-0.3, -0.25) is 9.69 Å². The Balaban J connectivity index is 1.55. The van der Waals surface area contributed by atoms with Gasteiger partial charge in [-0.15, -0.1) is 0 Å². The van der Waals surface area contributed by atoms with Gasteiger partial charge >= 0.3 is 11.9 Å². The van der Waals surface area contributed by atoms with Crippen LogP contribution in [0.25, 0.3) is 6.08 Å². The molecule has 4 rings (SSSR count). The summed E-state index contributed by atoms with van der Waals surface area (Å²) >= 11 is 4.76. The molecule has 0 bridgehead atoms. The second-order valence-corrected chi connectivity index (χ2v) is 10.1. The Morgan fingerprint density at radius 1 is 0.974 bits per heavy atom. The lowest BCUT2D eigenvalue weighted by Gasteiger charge is -2.14. The van der Waals surface area contributed by atoms with Crippen LogP contribution in [-0.2, 0) is 11.4 Å². The van der Waals surface area contributed by atoms with Crippen LogP contribution in [0.2, 0.25) is 0 Å². The van der Waals surface area contributed by atoms with E-state index in [4.69, 9.17) is 19.7 Å². The maximum atomic E-state index is 12.9. The highest BCUT2D eigenvalue weighted by Gasteiger charge is 2.30. The van der Waals surface area contributed by atoms with E-state index in [0.717, 1.165) is 5.56 Å². The Hall–Kier alpha value is -4.09. The van der Waals surface area contributed by atoms with Gasteiger partial charge in [-0.25, -0.2) is 14.6 Å². The zero-order chi connectivity index (χ0) is 28.1. The smallest absolute Gasteiger partial charge is 0.335 e. The Bertz CT molecular complexity index is 1480. The van der Waals surface area contributed by atoms with Gasteiger partial charge in [0.1, 0.15) is 6.61 Å². The maximum absolute atomic E-state index is 12.9. The Kier molecular flexibility index (Phi) is 8.72. The highest BCUT2D eigenvalue weighted by molar-refractivity contribution is 9.10. The normalized spacial score (nSPS) is 15.2. The van der Waals surface area contributed by atoms with E-state index in [1.54, 1.807) is 49.5 Å². The van der Waals surface area contributed by atoms with Crippen molar-refractivity contribution in [2.24, 2.45) is 4.99 Å². The molecule has 1 aliphatic rings. The van der Waals surface area contributed by atoms with E-state index in [1.165, 1.54) is 40.9 Å². The predicted molar refractivity (Wildman–Crippen MR) is 152 cm³/mol. The molecule has 1 aliphatic heterocycles. The van der Waals surface area contributed by atoms with Crippen LogP contribution in [0.1, 0.15) is 38.8 Å². The summed E-state index contributed by atoms with van der Waals surface area (Å²) in [5.74, 6) is -1.26. The number of carboxylic acid groups (broad SMARTS) is 2. The van der Waals surface area contributed by atoms with Crippen molar-refractivity contribution in [3.05, 3.63) is 92.3 Å². The average Bonchev–Trinajstić information content (AvgIpc) is 3.17. The van der Waals surface area contributed by atoms with E-state index in [-0.39, 0.29) is 23.6 Å². The van der Waals surface area contributed by atoms with Crippen molar-refractivity contribution in [3.8, 4) is 11.5 Å². The van der Waals surface area contributed by atoms with Gasteiger partial charge in [-0.2, -0.15) is 0 Å². The summed E-state index contributed by atoms with van der Waals surface area (Å²) in [5, 5.41) is 18.6. The third kappa shape index (κ3) is 6.68. The average molecular weight is 611 g/mol. The highest BCUT2D eigenvalue weighted by atomic mass is 79.9. The number of rotatable bonds is 9. The van der Waals surface area contributed by atoms with Crippen LogP contribution in [0.5, 0.6) is 11.5 Å². The number of likely N-dealkylation sites (N-methyl/N-ethyl adjacent to an activating group) is 1. The number of ether oxygens (including phenoxy) is 2. The molecule has 39 heavy (non-hydrogen) atoms. The number of carbonyl (C=O) groups excluding carboxylic acids is 1. The fraction of sp³-hybridized carbons (Fsp3) is 0.143. The quantitative estimate of drug-likeness (QED) is 0.280. The van der Waals surface area contributed by atoms with Gasteiger partial charge in [0.05, 0.1) is 28.3 Å². The first kappa shape index (κ1) is 27.9. The lowest BCUT2D eigenvalue weighted by molar-refractivity contribution is -0.121. The van der Waals surface area contributed by atoms with E-state index in [0.29, 0.717) is 43.9 Å². The molecular formula is C28H23BrN2O7S. The van der Waals surface area contributed by atoms with E-state index in [1.807, 2.05) is 6.92 Å². The topological polar surface area (TPSA) is 126 Å². The number of aromatic carboxylic acids is 2. The van der Waals surface area contributed by atoms with Crippen LogP contribution < -0.4 is 9.47 Å². The first-order chi connectivity index (χ1) is 18.7. The minimum atomic E-state index is -1.02. The van der Waals surface area contributed by atoms with Crippen molar-refractivity contribution >= 4 is 62.5 Å². The molecule has 2 N–H and O–H groups in total. The second kappa shape index (κ2) is 12.2. The SMILES string of the molecule is CCOc1cc(C=C2SC(=Nc3ccc(C(=O)O)cc3)N(C)C2=O)c(Br)cc1OCc1ccc(C(=O)O)cc1. The molecule has 3 aromatic rings. The lowest BCUT2D eigenvalue weighted by atomic mass is 10.1. The van der Waals surface area contributed by atoms with Crippen LogP contribution in [0, 0.1) is 0 Å². The number of thioether (sulfide) groups is 1. The number of amidine groups is 1. The monoisotopic (exact) mass is 610 g/mol. The maximum Gasteiger partial charge on any atom is 0.335 e. The van der Waals surface area contributed by atoms with Gasteiger partial charge in [-0.1, -0.05) is 28.1 Å². The summed E-state index contributed by atoms with van der Waals surface area (Å²) in [6.07, 6.45) is 1.74. The number of carboxylic acids is 2. The van der Waals surface area contributed by atoms with Crippen molar-refractivity contribution < 1.29 is 34.1 Å². The molecule has 11 heteroatoms. The molecule has 3 aromatic carbocycles. The van der Waals surface area contributed by atoms with Gasteiger partial charge in [0.25, 0.3) is 5.91 Å². The minimum absolute atomic E-state index is 0.154. The molecule has 0 radical (unpaired) electrons. The number of nitrogens with zero attached hydrogens (tertiary/aromatic N) is 2. The van der Waals surface area contributed by atoms with Crippen LogP contribution in [0.15, 0.2) is 75.0 Å². The van der Waals surface area contributed by atoms with Gasteiger partial charge in [0.2, 0.25) is 0 Å². The van der Waals surface area contributed by atoms with E-state index in [9.17, 15) is 14.4 Å². The minimum Gasteiger partial charge on any atom is -0.490 e. The van der Waals surface area contributed by atoms with Crippen LogP contribution >= 0.6 is 27.7 Å². The summed E-state index contributed by atoms with van der Waals surface area (Å²) in [6, 6.07) is 16.0. The van der Waals surface area contributed by atoms with Gasteiger partial charge in [0.15, 0.2) is 16.7 Å². The molecule has 1 heterocycles. The third-order valence-electron chi connectivity index (χ3n) is 5.59. The Labute approximate surface area is 236 Å². The summed E-state index contributed by atoms with van der Waals surface area (Å²) in [4.78, 5) is 41.5. The number of hydrogen-bond acceptors (Lipinski definition) is 7. The highest BCUT2D eigenvalue weighted by Crippen LogP contribution is 2.38. The zero-order valence-electron chi connectivity index (χ0n) is 20.9. The second-order valence-electron chi connectivity index (χ2n) is 8.27. The number of hydrogen-bond donors (Lipinski definition) is 2. The van der Waals surface area contributed by atoms with Crippen LogP contribution in [0.3, 0.4) is 0 Å². The molecule has 0 aliphatic carbocycles.